The molecule has 1 unspecified atom stereocenters. The van der Waals surface area contributed by atoms with Crippen molar-refractivity contribution in [1.29, 1.82) is 0 Å². The minimum Gasteiger partial charge on any atom is -0.404 e. The Kier molecular flexibility index (Phi) is 5.40. The number of amides is 1. The highest BCUT2D eigenvalue weighted by molar-refractivity contribution is 5.86. The second-order valence-electron chi connectivity index (χ2n) is 8.53. The van der Waals surface area contributed by atoms with Crippen LogP contribution in [0, 0.1) is 5.41 Å². The maximum absolute atomic E-state index is 13.4. The van der Waals surface area contributed by atoms with Crippen molar-refractivity contribution in [1.82, 2.24) is 4.90 Å². The number of carbonyl (C=O) groups is 1. The first-order chi connectivity index (χ1) is 13.8. The number of hydrogen-bond donors (Lipinski definition) is 1. The second-order valence-corrected chi connectivity index (χ2v) is 8.53. The normalized spacial score (nSPS) is 30.8. The van der Waals surface area contributed by atoms with Crippen LogP contribution >= 0.6 is 0 Å². The number of halogens is 3. The number of benzene rings is 1. The fourth-order valence-electron chi connectivity index (χ4n) is 5.21. The lowest BCUT2D eigenvalue weighted by Crippen LogP contribution is -2.50. The zero-order valence-electron chi connectivity index (χ0n) is 16.3. The van der Waals surface area contributed by atoms with E-state index in [-0.39, 0.29) is 23.8 Å². The maximum atomic E-state index is 13.4. The minimum atomic E-state index is -4.75. The summed E-state index contributed by atoms with van der Waals surface area (Å²) in [6, 6.07) is 6.32. The van der Waals surface area contributed by atoms with Gasteiger partial charge in [-0.1, -0.05) is 12.1 Å². The van der Waals surface area contributed by atoms with Gasteiger partial charge in [0.15, 0.2) is 5.75 Å². The highest BCUT2D eigenvalue weighted by Gasteiger charge is 2.51. The van der Waals surface area contributed by atoms with Crippen molar-refractivity contribution in [2.45, 2.75) is 63.5 Å². The molecule has 1 spiro atoms. The fraction of sp³-hybridized carbons (Fsp3) is 0.667. The molecule has 1 atom stereocenters. The van der Waals surface area contributed by atoms with Crippen LogP contribution in [-0.4, -0.2) is 54.1 Å². The van der Waals surface area contributed by atoms with Crippen LogP contribution in [0.5, 0.6) is 5.75 Å². The van der Waals surface area contributed by atoms with Gasteiger partial charge in [0, 0.05) is 25.7 Å². The van der Waals surface area contributed by atoms with Gasteiger partial charge in [0.2, 0.25) is 5.91 Å². The first-order valence-electron chi connectivity index (χ1n) is 10.4. The van der Waals surface area contributed by atoms with Gasteiger partial charge in [0.05, 0.1) is 17.2 Å². The first-order valence-corrected chi connectivity index (χ1v) is 10.4. The molecule has 1 aromatic rings. The summed E-state index contributed by atoms with van der Waals surface area (Å²) in [5, 5.41) is 9.74. The Balaban J connectivity index is 1.51. The Morgan fingerprint density at radius 2 is 1.79 bits per heavy atom. The smallest absolute Gasteiger partial charge is 0.404 e. The summed E-state index contributed by atoms with van der Waals surface area (Å²) in [5.41, 5.74) is -0.157. The van der Waals surface area contributed by atoms with Gasteiger partial charge in [-0.05, 0) is 57.1 Å². The Labute approximate surface area is 168 Å². The van der Waals surface area contributed by atoms with Gasteiger partial charge in [-0.3, -0.25) is 4.79 Å². The number of ether oxygens (including phenoxy) is 1. The summed E-state index contributed by atoms with van der Waals surface area (Å²) >= 11 is 0. The second kappa shape index (κ2) is 7.70. The molecule has 8 heteroatoms. The zero-order chi connectivity index (χ0) is 20.6. The lowest BCUT2D eigenvalue weighted by Gasteiger charge is -2.41. The van der Waals surface area contributed by atoms with Gasteiger partial charge in [-0.2, -0.15) is 0 Å². The van der Waals surface area contributed by atoms with Crippen LogP contribution in [0.2, 0.25) is 0 Å². The van der Waals surface area contributed by atoms with E-state index in [2.05, 4.69) is 4.74 Å². The molecule has 2 aliphatic heterocycles. The van der Waals surface area contributed by atoms with E-state index in [4.69, 9.17) is 0 Å². The van der Waals surface area contributed by atoms with Crippen LogP contribution in [0.15, 0.2) is 24.3 Å². The van der Waals surface area contributed by atoms with Crippen LogP contribution in [0.3, 0.4) is 0 Å². The number of aliphatic hydroxyl groups is 1. The molecule has 1 N–H and O–H groups in total. The van der Waals surface area contributed by atoms with Crippen molar-refractivity contribution in [3.05, 3.63) is 24.3 Å². The number of para-hydroxylation sites is 2. The SMILES string of the molecule is O=C1N(C2CCC(O)CC2)CCC12CCCN(c1ccccc1OC(F)(F)F)C2. The van der Waals surface area contributed by atoms with Crippen LogP contribution in [0.4, 0.5) is 18.9 Å². The van der Waals surface area contributed by atoms with Crippen molar-refractivity contribution >= 4 is 11.6 Å². The summed E-state index contributed by atoms with van der Waals surface area (Å²) in [6.07, 6.45) is 0.279. The Hall–Kier alpha value is -1.96. The van der Waals surface area contributed by atoms with Crippen LogP contribution in [0.1, 0.15) is 44.9 Å². The van der Waals surface area contributed by atoms with Gasteiger partial charge >= 0.3 is 6.36 Å². The number of alkyl halides is 3. The number of anilines is 1. The molecule has 2 heterocycles. The highest BCUT2D eigenvalue weighted by Crippen LogP contribution is 2.45. The van der Waals surface area contributed by atoms with Crippen molar-refractivity contribution < 1.29 is 27.8 Å². The Bertz CT molecular complexity index is 749. The largest absolute Gasteiger partial charge is 0.573 e. The van der Waals surface area contributed by atoms with E-state index in [1.54, 1.807) is 12.1 Å². The third-order valence-corrected chi connectivity index (χ3v) is 6.66. The van der Waals surface area contributed by atoms with Gasteiger partial charge in [-0.25, -0.2) is 0 Å². The summed E-state index contributed by atoms with van der Waals surface area (Å²) < 4.78 is 42.7. The molecule has 29 heavy (non-hydrogen) atoms. The van der Waals surface area contributed by atoms with Crippen molar-refractivity contribution in [3.8, 4) is 5.75 Å². The van der Waals surface area contributed by atoms with Crippen LogP contribution in [0.25, 0.3) is 0 Å². The fourth-order valence-corrected chi connectivity index (χ4v) is 5.21. The van der Waals surface area contributed by atoms with E-state index >= 15 is 0 Å². The highest BCUT2D eigenvalue weighted by atomic mass is 19.4. The monoisotopic (exact) mass is 412 g/mol. The van der Waals surface area contributed by atoms with Crippen molar-refractivity contribution in [2.24, 2.45) is 5.41 Å². The molecule has 3 fully saturated rings. The molecule has 2 saturated heterocycles. The number of carbonyl (C=O) groups excluding carboxylic acids is 1. The van der Waals surface area contributed by atoms with E-state index in [1.165, 1.54) is 12.1 Å². The average molecular weight is 412 g/mol. The Morgan fingerprint density at radius 1 is 1.07 bits per heavy atom. The summed E-state index contributed by atoms with van der Waals surface area (Å²) in [7, 11) is 0. The molecule has 0 aromatic heterocycles. The van der Waals surface area contributed by atoms with Gasteiger partial charge in [0.25, 0.3) is 0 Å². The summed E-state index contributed by atoms with van der Waals surface area (Å²) in [5.74, 6) is -0.0987. The van der Waals surface area contributed by atoms with E-state index < -0.39 is 11.8 Å². The number of piperidine rings is 1. The minimum absolute atomic E-state index is 0.123. The number of hydrogen-bond acceptors (Lipinski definition) is 4. The maximum Gasteiger partial charge on any atom is 0.573 e. The standard InChI is InChI=1S/C21H27F3N2O3/c22-21(23,24)29-18-5-2-1-4-17(18)25-12-3-10-20(14-25)11-13-26(19(20)28)15-6-8-16(27)9-7-15/h1-2,4-5,15-16,27H,3,6-14H2. The molecular formula is C21H27F3N2O3. The summed E-state index contributed by atoms with van der Waals surface area (Å²) in [4.78, 5) is 17.2. The molecule has 1 saturated carbocycles. The van der Waals surface area contributed by atoms with Crippen LogP contribution < -0.4 is 9.64 Å². The molecule has 0 radical (unpaired) electrons. The van der Waals surface area contributed by atoms with Gasteiger partial charge in [0.1, 0.15) is 0 Å². The predicted octanol–water partition coefficient (Wildman–Crippen LogP) is 3.71. The third-order valence-electron chi connectivity index (χ3n) is 6.66. The molecular weight excluding hydrogens is 385 g/mol. The molecule has 1 amide bonds. The van der Waals surface area contributed by atoms with E-state index in [0.717, 1.165) is 44.9 Å². The average Bonchev–Trinajstić information content (AvgIpc) is 2.98. The van der Waals surface area contributed by atoms with Gasteiger partial charge in [-0.15, -0.1) is 13.2 Å². The van der Waals surface area contributed by atoms with Crippen molar-refractivity contribution in [3.63, 3.8) is 0 Å². The number of rotatable bonds is 3. The Morgan fingerprint density at radius 3 is 2.52 bits per heavy atom. The quantitative estimate of drug-likeness (QED) is 0.823. The zero-order valence-corrected chi connectivity index (χ0v) is 16.3. The predicted molar refractivity (Wildman–Crippen MR) is 102 cm³/mol. The molecule has 3 aliphatic rings. The lowest BCUT2D eigenvalue weighted by molar-refractivity contribution is -0.274. The number of aliphatic hydroxyl groups excluding tert-OH is 1. The molecule has 1 aliphatic carbocycles. The van der Waals surface area contributed by atoms with E-state index in [1.807, 2.05) is 9.80 Å². The van der Waals surface area contributed by atoms with E-state index in [9.17, 15) is 23.1 Å². The topological polar surface area (TPSA) is 53.0 Å². The summed E-state index contributed by atoms with van der Waals surface area (Å²) in [6.45, 7) is 1.70. The molecule has 5 nitrogen and oxygen atoms in total. The number of nitrogens with zero attached hydrogens (tertiary/aromatic N) is 2. The molecule has 1 aromatic carbocycles. The lowest BCUT2D eigenvalue weighted by atomic mass is 9.78. The number of likely N-dealkylation sites (tertiary alicyclic amines) is 1. The molecule has 160 valence electrons. The van der Waals surface area contributed by atoms with Gasteiger partial charge < -0.3 is 19.6 Å². The van der Waals surface area contributed by atoms with Crippen molar-refractivity contribution in [2.75, 3.05) is 24.5 Å². The molecule has 0 bridgehead atoms. The van der Waals surface area contributed by atoms with Crippen LogP contribution in [-0.2, 0) is 4.79 Å². The third kappa shape index (κ3) is 4.17. The molecule has 4 rings (SSSR count). The van der Waals surface area contributed by atoms with E-state index in [0.29, 0.717) is 25.3 Å². The first kappa shape index (κ1) is 20.3.